The third-order valence-corrected chi connectivity index (χ3v) is 4.27. The van der Waals surface area contributed by atoms with E-state index >= 15 is 0 Å². The van der Waals surface area contributed by atoms with Gasteiger partial charge in [-0.25, -0.2) is 0 Å². The van der Waals surface area contributed by atoms with Crippen LogP contribution in [0.2, 0.25) is 0 Å². The van der Waals surface area contributed by atoms with E-state index in [1.165, 1.54) is 32.1 Å². The molecule has 0 aromatic rings. The van der Waals surface area contributed by atoms with Crippen LogP contribution in [0.5, 0.6) is 0 Å². The number of carbonyl (C=O) groups excluding carboxylic acids is 1. The van der Waals surface area contributed by atoms with Gasteiger partial charge in [0.05, 0.1) is 6.54 Å². The van der Waals surface area contributed by atoms with Crippen LogP contribution in [0.25, 0.3) is 0 Å². The topological polar surface area (TPSA) is 40.5 Å². The quantitative estimate of drug-likeness (QED) is 0.767. The minimum atomic E-state index is -1.01. The van der Waals surface area contributed by atoms with E-state index < -0.39 is 5.60 Å². The lowest BCUT2D eigenvalue weighted by Gasteiger charge is -2.31. The third kappa shape index (κ3) is 3.52. The molecule has 0 aromatic carbocycles. The van der Waals surface area contributed by atoms with Crippen molar-refractivity contribution in [2.75, 3.05) is 19.6 Å². The maximum atomic E-state index is 12.2. The number of rotatable bonds is 3. The molecule has 17 heavy (non-hydrogen) atoms. The van der Waals surface area contributed by atoms with Crippen molar-refractivity contribution in [1.29, 1.82) is 0 Å². The largest absolute Gasteiger partial charge is 0.382 e. The van der Waals surface area contributed by atoms with Gasteiger partial charge in [0.15, 0.2) is 5.78 Å². The first kappa shape index (κ1) is 13.0. The fourth-order valence-electron chi connectivity index (χ4n) is 3.06. The summed E-state index contributed by atoms with van der Waals surface area (Å²) in [7, 11) is 0. The molecule has 2 aliphatic rings. The van der Waals surface area contributed by atoms with Crippen LogP contribution in [0.3, 0.4) is 0 Å². The zero-order valence-corrected chi connectivity index (χ0v) is 10.8. The van der Waals surface area contributed by atoms with E-state index in [4.69, 9.17) is 0 Å². The summed E-state index contributed by atoms with van der Waals surface area (Å²) in [4.78, 5) is 14.5. The lowest BCUT2D eigenvalue weighted by molar-refractivity contribution is -0.140. The molecule has 2 fully saturated rings. The van der Waals surface area contributed by atoms with Crippen LogP contribution in [0.15, 0.2) is 0 Å². The summed E-state index contributed by atoms with van der Waals surface area (Å²) in [6, 6.07) is 0. The molecule has 0 spiro atoms. The molecule has 0 aromatic heterocycles. The average Bonchev–Trinajstić information content (AvgIpc) is 2.56. The number of ketones is 1. The number of carbonyl (C=O) groups is 1. The van der Waals surface area contributed by atoms with Gasteiger partial charge in [-0.15, -0.1) is 0 Å². The van der Waals surface area contributed by atoms with Crippen molar-refractivity contribution < 1.29 is 9.90 Å². The monoisotopic (exact) mass is 239 g/mol. The summed E-state index contributed by atoms with van der Waals surface area (Å²) in [6.07, 6.45) is 9.38. The van der Waals surface area contributed by atoms with Crippen LogP contribution in [-0.2, 0) is 4.79 Å². The fourth-order valence-corrected chi connectivity index (χ4v) is 3.06. The first-order valence-electron chi connectivity index (χ1n) is 7.19. The van der Waals surface area contributed by atoms with Gasteiger partial charge in [0, 0.05) is 0 Å². The average molecular weight is 239 g/mol. The summed E-state index contributed by atoms with van der Waals surface area (Å²) in [6.45, 7) is 2.53. The summed E-state index contributed by atoms with van der Waals surface area (Å²) in [5.74, 6) is 0.0706. The second-order valence-corrected chi connectivity index (χ2v) is 5.71. The molecule has 1 saturated heterocycles. The second kappa shape index (κ2) is 5.96. The van der Waals surface area contributed by atoms with Crippen molar-refractivity contribution in [2.45, 2.75) is 63.4 Å². The predicted octanol–water partition coefficient (Wildman–Crippen LogP) is 2.13. The molecule has 3 nitrogen and oxygen atoms in total. The Morgan fingerprint density at radius 1 is 0.941 bits per heavy atom. The van der Waals surface area contributed by atoms with Crippen LogP contribution in [0.4, 0.5) is 0 Å². The standard InChI is InChI=1S/C14H25NO2/c16-13(12-15-10-6-3-7-11-15)14(17)8-4-1-2-5-9-14/h17H,1-12H2. The summed E-state index contributed by atoms with van der Waals surface area (Å²) in [5, 5.41) is 10.5. The number of hydrogen-bond acceptors (Lipinski definition) is 3. The number of hydrogen-bond donors (Lipinski definition) is 1. The Morgan fingerprint density at radius 3 is 2.06 bits per heavy atom. The number of aliphatic hydroxyl groups is 1. The molecule has 0 radical (unpaired) electrons. The Balaban J connectivity index is 1.88. The molecule has 0 unspecified atom stereocenters. The first-order valence-corrected chi connectivity index (χ1v) is 7.19. The van der Waals surface area contributed by atoms with Gasteiger partial charge in [0.2, 0.25) is 0 Å². The van der Waals surface area contributed by atoms with Gasteiger partial charge >= 0.3 is 0 Å². The van der Waals surface area contributed by atoms with Crippen LogP contribution in [0, 0.1) is 0 Å². The van der Waals surface area contributed by atoms with E-state index in [0.29, 0.717) is 19.4 Å². The number of nitrogens with zero attached hydrogens (tertiary/aromatic N) is 1. The van der Waals surface area contributed by atoms with Crippen molar-refractivity contribution in [3.8, 4) is 0 Å². The van der Waals surface area contributed by atoms with E-state index in [1.807, 2.05) is 0 Å². The van der Waals surface area contributed by atoms with Crippen molar-refractivity contribution in [1.82, 2.24) is 4.90 Å². The van der Waals surface area contributed by atoms with Gasteiger partial charge < -0.3 is 5.11 Å². The highest BCUT2D eigenvalue weighted by Gasteiger charge is 2.36. The number of piperidine rings is 1. The van der Waals surface area contributed by atoms with Crippen LogP contribution < -0.4 is 0 Å². The van der Waals surface area contributed by atoms with Gasteiger partial charge in [-0.1, -0.05) is 32.1 Å². The van der Waals surface area contributed by atoms with Gasteiger partial charge in [0.1, 0.15) is 5.60 Å². The molecular formula is C14H25NO2. The van der Waals surface area contributed by atoms with Crippen molar-refractivity contribution >= 4 is 5.78 Å². The third-order valence-electron chi connectivity index (χ3n) is 4.27. The Hall–Kier alpha value is -0.410. The maximum Gasteiger partial charge on any atom is 0.178 e. The molecule has 0 bridgehead atoms. The Morgan fingerprint density at radius 2 is 1.47 bits per heavy atom. The zero-order valence-electron chi connectivity index (χ0n) is 10.8. The number of likely N-dealkylation sites (tertiary alicyclic amines) is 1. The van der Waals surface area contributed by atoms with E-state index in [0.717, 1.165) is 25.9 Å². The molecule has 1 N–H and O–H groups in total. The van der Waals surface area contributed by atoms with Gasteiger partial charge in [0.25, 0.3) is 0 Å². The lowest BCUT2D eigenvalue weighted by atomic mass is 9.89. The molecule has 1 aliphatic heterocycles. The van der Waals surface area contributed by atoms with E-state index in [9.17, 15) is 9.90 Å². The van der Waals surface area contributed by atoms with E-state index in [2.05, 4.69) is 4.90 Å². The summed E-state index contributed by atoms with van der Waals surface area (Å²) < 4.78 is 0. The van der Waals surface area contributed by atoms with E-state index in [-0.39, 0.29) is 5.78 Å². The first-order chi connectivity index (χ1) is 8.21. The fraction of sp³-hybridized carbons (Fsp3) is 0.929. The molecule has 1 saturated carbocycles. The van der Waals surface area contributed by atoms with Gasteiger partial charge in [-0.2, -0.15) is 0 Å². The molecule has 1 heterocycles. The van der Waals surface area contributed by atoms with Crippen LogP contribution >= 0.6 is 0 Å². The molecule has 1 aliphatic carbocycles. The van der Waals surface area contributed by atoms with Crippen LogP contribution in [0.1, 0.15) is 57.8 Å². The van der Waals surface area contributed by atoms with Gasteiger partial charge in [-0.05, 0) is 38.8 Å². The molecule has 3 heteroatoms. The lowest BCUT2D eigenvalue weighted by Crippen LogP contribution is -2.46. The molecule has 0 atom stereocenters. The molecule has 2 rings (SSSR count). The zero-order chi connectivity index (χ0) is 12.1. The summed E-state index contributed by atoms with van der Waals surface area (Å²) in [5.41, 5.74) is -1.01. The SMILES string of the molecule is O=C(CN1CCCCC1)C1(O)CCCCCC1. The molecule has 98 valence electrons. The smallest absolute Gasteiger partial charge is 0.178 e. The van der Waals surface area contributed by atoms with Crippen molar-refractivity contribution in [2.24, 2.45) is 0 Å². The minimum absolute atomic E-state index is 0.0706. The highest BCUT2D eigenvalue weighted by molar-refractivity contribution is 5.88. The number of Topliss-reactive ketones (excluding diaryl/α,β-unsaturated/α-hetero) is 1. The van der Waals surface area contributed by atoms with E-state index in [1.54, 1.807) is 0 Å². The van der Waals surface area contributed by atoms with Crippen molar-refractivity contribution in [3.63, 3.8) is 0 Å². The minimum Gasteiger partial charge on any atom is -0.382 e. The van der Waals surface area contributed by atoms with Crippen LogP contribution in [-0.4, -0.2) is 41.0 Å². The highest BCUT2D eigenvalue weighted by atomic mass is 16.3. The normalized spacial score (nSPS) is 26.4. The maximum absolute atomic E-state index is 12.2. The molecular weight excluding hydrogens is 214 g/mol. The van der Waals surface area contributed by atoms with Crippen molar-refractivity contribution in [3.05, 3.63) is 0 Å². The Kier molecular flexibility index (Phi) is 4.57. The highest BCUT2D eigenvalue weighted by Crippen LogP contribution is 2.28. The Labute approximate surface area is 104 Å². The molecule has 0 amide bonds. The second-order valence-electron chi connectivity index (χ2n) is 5.71. The Bertz CT molecular complexity index is 251. The van der Waals surface area contributed by atoms with Gasteiger partial charge in [-0.3, -0.25) is 9.69 Å². The summed E-state index contributed by atoms with van der Waals surface area (Å²) >= 11 is 0. The predicted molar refractivity (Wildman–Crippen MR) is 67.9 cm³/mol.